The number of halogens is 2. The minimum Gasteiger partial charge on any atom is -0.481 e. The van der Waals surface area contributed by atoms with Gasteiger partial charge in [-0.05, 0) is 24.6 Å². The average molecular weight is 332 g/mol. The van der Waals surface area contributed by atoms with E-state index in [9.17, 15) is 9.18 Å². The predicted molar refractivity (Wildman–Crippen MR) is 79.2 cm³/mol. The van der Waals surface area contributed by atoms with E-state index in [0.717, 1.165) is 14.9 Å². The predicted octanol–water partition coefficient (Wildman–Crippen LogP) is 4.16. The summed E-state index contributed by atoms with van der Waals surface area (Å²) in [6.07, 6.45) is -0.0284. The van der Waals surface area contributed by atoms with E-state index >= 15 is 0 Å². The lowest BCUT2D eigenvalue weighted by atomic mass is 10.2. The van der Waals surface area contributed by atoms with Crippen molar-refractivity contribution in [3.05, 3.63) is 45.2 Å². The van der Waals surface area contributed by atoms with Gasteiger partial charge in [-0.1, -0.05) is 29.4 Å². The molecule has 0 atom stereocenters. The zero-order valence-electron chi connectivity index (χ0n) is 10.5. The SMILES string of the molecule is Cc1nc(SCc2ccc(Cl)cc2F)sc1CC(=O)O. The van der Waals surface area contributed by atoms with Crippen LogP contribution in [-0.2, 0) is 17.0 Å². The fraction of sp³-hybridized carbons (Fsp3) is 0.231. The van der Waals surface area contributed by atoms with Crippen molar-refractivity contribution in [1.82, 2.24) is 4.98 Å². The second-order valence-corrected chi connectivity index (χ2v) is 6.83. The Hall–Kier alpha value is -1.11. The van der Waals surface area contributed by atoms with Crippen molar-refractivity contribution in [2.24, 2.45) is 0 Å². The first-order valence-corrected chi connectivity index (χ1v) is 7.88. The molecule has 1 heterocycles. The van der Waals surface area contributed by atoms with Gasteiger partial charge in [0.1, 0.15) is 5.82 Å². The summed E-state index contributed by atoms with van der Waals surface area (Å²) >= 11 is 8.42. The molecular weight excluding hydrogens is 321 g/mol. The van der Waals surface area contributed by atoms with Gasteiger partial charge in [-0.3, -0.25) is 4.79 Å². The molecule has 106 valence electrons. The van der Waals surface area contributed by atoms with Crippen molar-refractivity contribution in [2.45, 2.75) is 23.4 Å². The van der Waals surface area contributed by atoms with Crippen LogP contribution in [0, 0.1) is 12.7 Å². The van der Waals surface area contributed by atoms with Crippen LogP contribution in [0.15, 0.2) is 22.5 Å². The van der Waals surface area contributed by atoms with Gasteiger partial charge in [0.05, 0.1) is 12.1 Å². The summed E-state index contributed by atoms with van der Waals surface area (Å²) in [5.74, 6) is -0.788. The third-order valence-corrected chi connectivity index (χ3v) is 5.14. The molecule has 0 fully saturated rings. The fourth-order valence-electron chi connectivity index (χ4n) is 1.54. The van der Waals surface area contributed by atoms with Crippen LogP contribution in [0.1, 0.15) is 16.1 Å². The molecule has 7 heteroatoms. The Labute approximate surface area is 128 Å². The maximum atomic E-state index is 13.6. The smallest absolute Gasteiger partial charge is 0.308 e. The van der Waals surface area contributed by atoms with Gasteiger partial charge in [0, 0.05) is 15.7 Å². The van der Waals surface area contributed by atoms with E-state index in [2.05, 4.69) is 4.98 Å². The number of aromatic nitrogens is 1. The fourth-order valence-corrected chi connectivity index (χ4v) is 3.91. The van der Waals surface area contributed by atoms with E-state index in [1.807, 2.05) is 0 Å². The van der Waals surface area contributed by atoms with Gasteiger partial charge >= 0.3 is 5.97 Å². The van der Waals surface area contributed by atoms with E-state index in [4.69, 9.17) is 16.7 Å². The second kappa shape index (κ2) is 6.56. The standard InChI is InChI=1S/C13H11ClFNO2S2/c1-7-11(5-12(17)18)20-13(16-7)19-6-8-2-3-9(14)4-10(8)15/h2-4H,5-6H2,1H3,(H,17,18). The third kappa shape index (κ3) is 3.94. The van der Waals surface area contributed by atoms with Crippen molar-refractivity contribution < 1.29 is 14.3 Å². The molecule has 0 saturated carbocycles. The highest BCUT2D eigenvalue weighted by Crippen LogP contribution is 2.31. The zero-order valence-corrected chi connectivity index (χ0v) is 12.9. The van der Waals surface area contributed by atoms with Gasteiger partial charge in [0.25, 0.3) is 0 Å². The van der Waals surface area contributed by atoms with Crippen molar-refractivity contribution in [1.29, 1.82) is 0 Å². The molecular formula is C13H11ClFNO2S2. The number of thiazole rings is 1. The molecule has 2 rings (SSSR count). The lowest BCUT2D eigenvalue weighted by Crippen LogP contribution is -1.99. The lowest BCUT2D eigenvalue weighted by Gasteiger charge is -2.01. The molecule has 20 heavy (non-hydrogen) atoms. The van der Waals surface area contributed by atoms with Crippen LogP contribution < -0.4 is 0 Å². The number of carboxylic acids is 1. The molecule has 1 aromatic carbocycles. The van der Waals surface area contributed by atoms with Gasteiger partial charge < -0.3 is 5.11 Å². The maximum Gasteiger partial charge on any atom is 0.308 e. The average Bonchev–Trinajstić information content (AvgIpc) is 2.68. The van der Waals surface area contributed by atoms with Gasteiger partial charge in [-0.25, -0.2) is 9.37 Å². The van der Waals surface area contributed by atoms with E-state index in [0.29, 0.717) is 16.3 Å². The first kappa shape index (κ1) is 15.3. The Morgan fingerprint density at radius 1 is 1.55 bits per heavy atom. The molecule has 0 amide bonds. The van der Waals surface area contributed by atoms with Crippen LogP contribution in [0.2, 0.25) is 5.02 Å². The lowest BCUT2D eigenvalue weighted by molar-refractivity contribution is -0.136. The normalized spacial score (nSPS) is 10.8. The Kier molecular flexibility index (Phi) is 5.01. The topological polar surface area (TPSA) is 50.2 Å². The highest BCUT2D eigenvalue weighted by atomic mass is 35.5. The zero-order chi connectivity index (χ0) is 14.7. The summed E-state index contributed by atoms with van der Waals surface area (Å²) in [4.78, 5) is 15.7. The Bertz CT molecular complexity index is 645. The van der Waals surface area contributed by atoms with Crippen LogP contribution in [0.4, 0.5) is 4.39 Å². The van der Waals surface area contributed by atoms with Crippen LogP contribution in [0.5, 0.6) is 0 Å². The van der Waals surface area contributed by atoms with Gasteiger partial charge in [0.15, 0.2) is 4.34 Å². The summed E-state index contributed by atoms with van der Waals surface area (Å²) in [5.41, 5.74) is 1.27. The number of hydrogen-bond donors (Lipinski definition) is 1. The highest BCUT2D eigenvalue weighted by Gasteiger charge is 2.12. The van der Waals surface area contributed by atoms with E-state index in [1.54, 1.807) is 19.1 Å². The summed E-state index contributed by atoms with van der Waals surface area (Å²) in [5, 5.41) is 9.15. The summed E-state index contributed by atoms with van der Waals surface area (Å²) < 4.78 is 14.4. The number of nitrogens with zero attached hydrogens (tertiary/aromatic N) is 1. The first-order valence-electron chi connectivity index (χ1n) is 5.70. The molecule has 0 aliphatic heterocycles. The van der Waals surface area contributed by atoms with Crippen LogP contribution >= 0.6 is 34.7 Å². The third-order valence-electron chi connectivity index (χ3n) is 2.55. The molecule has 0 bridgehead atoms. The Morgan fingerprint density at radius 2 is 2.30 bits per heavy atom. The number of aliphatic carboxylic acids is 1. The molecule has 0 aliphatic rings. The summed E-state index contributed by atoms with van der Waals surface area (Å²) in [6.45, 7) is 1.78. The molecule has 0 aliphatic carbocycles. The minimum atomic E-state index is -0.878. The second-order valence-electron chi connectivity index (χ2n) is 4.08. The van der Waals surface area contributed by atoms with Gasteiger partial charge in [-0.15, -0.1) is 11.3 Å². The number of thioether (sulfide) groups is 1. The summed E-state index contributed by atoms with van der Waals surface area (Å²) in [7, 11) is 0. The molecule has 0 spiro atoms. The van der Waals surface area contributed by atoms with Crippen molar-refractivity contribution in [3.63, 3.8) is 0 Å². The molecule has 0 saturated heterocycles. The van der Waals surface area contributed by atoms with E-state index in [-0.39, 0.29) is 12.2 Å². The Morgan fingerprint density at radius 3 is 2.95 bits per heavy atom. The van der Waals surface area contributed by atoms with Crippen molar-refractivity contribution >= 4 is 40.7 Å². The molecule has 2 aromatic rings. The molecule has 1 aromatic heterocycles. The molecule has 1 N–H and O–H groups in total. The number of benzene rings is 1. The van der Waals surface area contributed by atoms with Crippen LogP contribution in [-0.4, -0.2) is 16.1 Å². The number of hydrogen-bond acceptors (Lipinski definition) is 4. The van der Waals surface area contributed by atoms with Crippen molar-refractivity contribution in [2.75, 3.05) is 0 Å². The minimum absolute atomic E-state index is 0.0284. The number of rotatable bonds is 5. The van der Waals surface area contributed by atoms with Crippen LogP contribution in [0.25, 0.3) is 0 Å². The first-order chi connectivity index (χ1) is 9.45. The number of aryl methyl sites for hydroxylation is 1. The maximum absolute atomic E-state index is 13.6. The van der Waals surface area contributed by atoms with Gasteiger partial charge in [0.2, 0.25) is 0 Å². The van der Waals surface area contributed by atoms with Crippen LogP contribution in [0.3, 0.4) is 0 Å². The van der Waals surface area contributed by atoms with E-state index in [1.165, 1.54) is 29.2 Å². The largest absolute Gasteiger partial charge is 0.481 e. The van der Waals surface area contributed by atoms with E-state index < -0.39 is 5.97 Å². The number of carbonyl (C=O) groups is 1. The Balaban J connectivity index is 2.05. The summed E-state index contributed by atoms with van der Waals surface area (Å²) in [6, 6.07) is 4.56. The number of carboxylic acid groups (broad SMARTS) is 1. The monoisotopic (exact) mass is 331 g/mol. The molecule has 3 nitrogen and oxygen atoms in total. The highest BCUT2D eigenvalue weighted by molar-refractivity contribution is 8.00. The van der Waals surface area contributed by atoms with Crippen molar-refractivity contribution in [3.8, 4) is 0 Å². The quantitative estimate of drug-likeness (QED) is 0.836. The van der Waals surface area contributed by atoms with Gasteiger partial charge in [-0.2, -0.15) is 0 Å². The molecule has 0 unspecified atom stereocenters. The molecule has 0 radical (unpaired) electrons.